The van der Waals surface area contributed by atoms with Crippen molar-refractivity contribution in [1.29, 1.82) is 0 Å². The second-order valence-corrected chi connectivity index (χ2v) is 5.44. The third kappa shape index (κ3) is 2.15. The molecule has 0 saturated carbocycles. The molecule has 0 atom stereocenters. The second-order valence-electron chi connectivity index (χ2n) is 4.41. The summed E-state index contributed by atoms with van der Waals surface area (Å²) in [7, 11) is 0. The predicted octanol–water partition coefficient (Wildman–Crippen LogP) is 3.00. The van der Waals surface area contributed by atoms with Gasteiger partial charge in [-0.3, -0.25) is 10.1 Å². The van der Waals surface area contributed by atoms with Crippen molar-refractivity contribution < 1.29 is 14.8 Å². The number of nitro groups is 1. The predicted molar refractivity (Wildman–Crippen MR) is 77.3 cm³/mol. The van der Waals surface area contributed by atoms with Gasteiger partial charge >= 0.3 is 5.97 Å². The Morgan fingerprint density at radius 2 is 2.19 bits per heavy atom. The first-order valence-electron chi connectivity index (χ1n) is 5.94. The van der Waals surface area contributed by atoms with E-state index in [-0.39, 0.29) is 10.6 Å². The molecule has 3 rings (SSSR count). The summed E-state index contributed by atoms with van der Waals surface area (Å²) >= 11 is 1.09. The Morgan fingerprint density at radius 3 is 2.86 bits per heavy atom. The van der Waals surface area contributed by atoms with Crippen LogP contribution in [0.3, 0.4) is 0 Å². The topological polar surface area (TPSA) is 98.3 Å². The molecule has 0 radical (unpaired) electrons. The van der Waals surface area contributed by atoms with E-state index in [1.54, 1.807) is 25.1 Å². The van der Waals surface area contributed by atoms with Crippen molar-refractivity contribution in [2.24, 2.45) is 0 Å². The van der Waals surface area contributed by atoms with E-state index in [1.165, 1.54) is 16.8 Å². The number of non-ortho nitro benzene ring substituents is 1. The maximum atomic E-state index is 11.1. The number of carboxylic acids is 1. The average molecular weight is 303 g/mol. The Hall–Kier alpha value is -2.74. The van der Waals surface area contributed by atoms with Gasteiger partial charge in [0.15, 0.2) is 0 Å². The number of carboxylic acid groups (broad SMARTS) is 1. The molecule has 21 heavy (non-hydrogen) atoms. The largest absolute Gasteiger partial charge is 0.477 e. The second kappa shape index (κ2) is 4.67. The fourth-order valence-electron chi connectivity index (χ4n) is 2.07. The molecule has 0 spiro atoms. The molecule has 0 bridgehead atoms. The highest BCUT2D eigenvalue weighted by Gasteiger charge is 2.17. The van der Waals surface area contributed by atoms with Crippen molar-refractivity contribution in [2.45, 2.75) is 6.92 Å². The molecule has 0 aliphatic rings. The molecule has 3 aromatic rings. The van der Waals surface area contributed by atoms with E-state index in [2.05, 4.69) is 5.10 Å². The number of nitrogens with zero attached hydrogens (tertiary/aromatic N) is 3. The van der Waals surface area contributed by atoms with Gasteiger partial charge in [0.05, 0.1) is 16.3 Å². The van der Waals surface area contributed by atoms with Crippen LogP contribution in [0.1, 0.15) is 15.4 Å². The van der Waals surface area contributed by atoms with Gasteiger partial charge in [-0.15, -0.1) is 11.3 Å². The van der Waals surface area contributed by atoms with Crippen LogP contribution in [0.25, 0.3) is 15.9 Å². The Balaban J connectivity index is 2.22. The van der Waals surface area contributed by atoms with Crippen molar-refractivity contribution in [3.05, 3.63) is 51.0 Å². The number of nitro benzene ring substituents is 1. The lowest BCUT2D eigenvalue weighted by atomic mass is 10.3. The average Bonchev–Trinajstić information content (AvgIpc) is 3.00. The van der Waals surface area contributed by atoms with E-state index in [0.29, 0.717) is 16.2 Å². The number of benzene rings is 1. The minimum atomic E-state index is -0.999. The summed E-state index contributed by atoms with van der Waals surface area (Å²) in [6.45, 7) is 1.77. The third-order valence-electron chi connectivity index (χ3n) is 3.04. The first-order chi connectivity index (χ1) is 9.97. The number of aromatic nitrogens is 2. The lowest BCUT2D eigenvalue weighted by molar-refractivity contribution is -0.384. The summed E-state index contributed by atoms with van der Waals surface area (Å²) in [4.78, 5) is 22.3. The van der Waals surface area contributed by atoms with Crippen LogP contribution in [-0.4, -0.2) is 25.8 Å². The molecule has 0 unspecified atom stereocenters. The molecular weight excluding hydrogens is 294 g/mol. The molecule has 0 aliphatic heterocycles. The summed E-state index contributed by atoms with van der Waals surface area (Å²) in [6, 6.07) is 7.64. The number of hydrogen-bond acceptors (Lipinski definition) is 5. The molecule has 0 saturated heterocycles. The summed E-state index contributed by atoms with van der Waals surface area (Å²) in [6.07, 6.45) is 0. The number of aryl methyl sites for hydroxylation is 1. The first-order valence-corrected chi connectivity index (χ1v) is 6.76. The quantitative estimate of drug-likeness (QED) is 0.592. The monoisotopic (exact) mass is 303 g/mol. The minimum Gasteiger partial charge on any atom is -0.477 e. The van der Waals surface area contributed by atoms with Gasteiger partial charge in [0, 0.05) is 17.5 Å². The van der Waals surface area contributed by atoms with Crippen LogP contribution in [0.15, 0.2) is 30.3 Å². The highest BCUT2D eigenvalue weighted by Crippen LogP contribution is 2.31. The summed E-state index contributed by atoms with van der Waals surface area (Å²) in [5, 5.41) is 25.0. The third-order valence-corrected chi connectivity index (χ3v) is 4.14. The van der Waals surface area contributed by atoms with E-state index in [0.717, 1.165) is 16.7 Å². The van der Waals surface area contributed by atoms with Crippen LogP contribution < -0.4 is 0 Å². The van der Waals surface area contributed by atoms with E-state index in [4.69, 9.17) is 5.11 Å². The van der Waals surface area contributed by atoms with Crippen molar-refractivity contribution in [3.63, 3.8) is 0 Å². The maximum absolute atomic E-state index is 11.1. The zero-order valence-corrected chi connectivity index (χ0v) is 11.6. The molecule has 2 aromatic heterocycles. The van der Waals surface area contributed by atoms with Crippen LogP contribution in [0, 0.1) is 17.0 Å². The molecule has 1 aromatic carbocycles. The normalized spacial score (nSPS) is 10.9. The van der Waals surface area contributed by atoms with Crippen LogP contribution in [-0.2, 0) is 0 Å². The van der Waals surface area contributed by atoms with Crippen molar-refractivity contribution >= 4 is 33.2 Å². The molecule has 8 heteroatoms. The van der Waals surface area contributed by atoms with E-state index >= 15 is 0 Å². The van der Waals surface area contributed by atoms with E-state index in [1.807, 2.05) is 0 Å². The molecule has 106 valence electrons. The zero-order valence-electron chi connectivity index (χ0n) is 10.8. The number of thiophene rings is 1. The first kappa shape index (κ1) is 13.3. The van der Waals surface area contributed by atoms with Crippen molar-refractivity contribution in [1.82, 2.24) is 9.78 Å². The van der Waals surface area contributed by atoms with Crippen LogP contribution in [0.2, 0.25) is 0 Å². The van der Waals surface area contributed by atoms with Gasteiger partial charge in [0.1, 0.15) is 9.71 Å². The lowest BCUT2D eigenvalue weighted by Gasteiger charge is -2.01. The number of fused-ring (bicyclic) bond motifs is 1. The lowest BCUT2D eigenvalue weighted by Crippen LogP contribution is -1.97. The van der Waals surface area contributed by atoms with Crippen LogP contribution >= 0.6 is 11.3 Å². The van der Waals surface area contributed by atoms with Crippen molar-refractivity contribution in [3.8, 4) is 5.69 Å². The standard InChI is InChI=1S/C13H9N3O4S/c1-7-10-6-11(13(17)18)21-12(10)15(14-7)8-3-2-4-9(5-8)16(19)20/h2-6H,1H3,(H,17,18). The van der Waals surface area contributed by atoms with Gasteiger partial charge in [-0.05, 0) is 19.1 Å². The Morgan fingerprint density at radius 1 is 1.43 bits per heavy atom. The smallest absolute Gasteiger partial charge is 0.345 e. The van der Waals surface area contributed by atoms with E-state index in [9.17, 15) is 14.9 Å². The minimum absolute atomic E-state index is 0.0381. The number of hydrogen-bond donors (Lipinski definition) is 1. The number of aromatic carboxylic acids is 1. The number of rotatable bonds is 3. The Bertz CT molecular complexity index is 881. The van der Waals surface area contributed by atoms with Gasteiger partial charge in [-0.1, -0.05) is 6.07 Å². The molecule has 2 heterocycles. The van der Waals surface area contributed by atoms with Crippen LogP contribution in [0.4, 0.5) is 5.69 Å². The van der Waals surface area contributed by atoms with Gasteiger partial charge in [-0.25, -0.2) is 9.48 Å². The Labute approximate surface area is 122 Å². The zero-order chi connectivity index (χ0) is 15.1. The van der Waals surface area contributed by atoms with Gasteiger partial charge < -0.3 is 5.11 Å². The summed E-state index contributed by atoms with van der Waals surface area (Å²) in [5.41, 5.74) is 1.17. The summed E-state index contributed by atoms with van der Waals surface area (Å²) < 4.78 is 1.54. The number of carbonyl (C=O) groups is 1. The van der Waals surface area contributed by atoms with Crippen LogP contribution in [0.5, 0.6) is 0 Å². The fraction of sp³-hybridized carbons (Fsp3) is 0.0769. The highest BCUT2D eigenvalue weighted by atomic mass is 32.1. The van der Waals surface area contributed by atoms with Gasteiger partial charge in [0.25, 0.3) is 5.69 Å². The van der Waals surface area contributed by atoms with Gasteiger partial charge in [0.2, 0.25) is 0 Å². The summed E-state index contributed by atoms with van der Waals surface area (Å²) in [5.74, 6) is -0.999. The molecule has 1 N–H and O–H groups in total. The molecule has 0 aliphatic carbocycles. The molecule has 0 amide bonds. The SMILES string of the molecule is Cc1nn(-c2cccc([N+](=O)[O-])c2)c2sc(C(=O)O)cc12. The van der Waals surface area contributed by atoms with Gasteiger partial charge in [-0.2, -0.15) is 5.10 Å². The fourth-order valence-corrected chi connectivity index (χ4v) is 3.09. The van der Waals surface area contributed by atoms with Crippen molar-refractivity contribution in [2.75, 3.05) is 0 Å². The highest BCUT2D eigenvalue weighted by molar-refractivity contribution is 7.20. The Kier molecular flexibility index (Phi) is 2.95. The molecule has 0 fully saturated rings. The molecule has 7 nitrogen and oxygen atoms in total. The van der Waals surface area contributed by atoms with E-state index < -0.39 is 10.9 Å². The molecular formula is C13H9N3O4S. The maximum Gasteiger partial charge on any atom is 0.345 e.